The highest BCUT2D eigenvalue weighted by molar-refractivity contribution is 5.67. The van der Waals surface area contributed by atoms with Gasteiger partial charge in [-0.25, -0.2) is 4.79 Å². The molecule has 1 N–H and O–H groups in total. The van der Waals surface area contributed by atoms with E-state index in [4.69, 9.17) is 29.2 Å². The van der Waals surface area contributed by atoms with Crippen molar-refractivity contribution in [2.45, 2.75) is 26.4 Å². The van der Waals surface area contributed by atoms with Gasteiger partial charge in [0.15, 0.2) is 0 Å². The number of nitrogens with zero attached hydrogens (tertiary/aromatic N) is 3. The smallest absolute Gasteiger partial charge is 0.407 e. The molecule has 0 radical (unpaired) electrons. The lowest BCUT2D eigenvalue weighted by Gasteiger charge is -2.19. The monoisotopic (exact) mass is 410 g/mol. The highest BCUT2D eigenvalue weighted by Crippen LogP contribution is 2.17. The van der Waals surface area contributed by atoms with Crippen molar-refractivity contribution in [3.05, 3.63) is 34.7 Å². The Kier molecular flexibility index (Phi) is 12.2. The van der Waals surface area contributed by atoms with Gasteiger partial charge >= 0.3 is 6.09 Å². The van der Waals surface area contributed by atoms with E-state index in [2.05, 4.69) is 15.3 Å². The first-order valence-electron chi connectivity index (χ1n) is 9.39. The molecule has 10 heteroatoms. The maximum Gasteiger partial charge on any atom is 0.407 e. The van der Waals surface area contributed by atoms with Crippen molar-refractivity contribution < 1.29 is 28.5 Å². The number of hydrogen-bond donors (Lipinski definition) is 1. The molecule has 0 unspecified atom stereocenters. The van der Waals surface area contributed by atoms with Crippen molar-refractivity contribution in [3.63, 3.8) is 0 Å². The lowest BCUT2D eigenvalue weighted by atomic mass is 10.2. The Labute approximate surface area is 171 Å². The number of rotatable bonds is 14. The van der Waals surface area contributed by atoms with Gasteiger partial charge < -0.3 is 29.0 Å². The quantitative estimate of drug-likeness (QED) is 0.216. The minimum atomic E-state index is -0.507. The van der Waals surface area contributed by atoms with Crippen LogP contribution in [0.25, 0.3) is 10.4 Å². The van der Waals surface area contributed by atoms with Crippen molar-refractivity contribution in [3.8, 4) is 5.75 Å². The molecule has 0 spiro atoms. The maximum absolute atomic E-state index is 11.4. The molecule has 0 bridgehead atoms. The Morgan fingerprint density at radius 1 is 0.966 bits per heavy atom. The summed E-state index contributed by atoms with van der Waals surface area (Å²) in [5.41, 5.74) is 8.37. The zero-order chi connectivity index (χ0) is 21.4. The Bertz CT molecular complexity index is 627. The zero-order valence-electron chi connectivity index (χ0n) is 17.3. The number of nitrogens with one attached hydrogen (secondary N) is 1. The van der Waals surface area contributed by atoms with Crippen LogP contribution in [0.2, 0.25) is 0 Å². The number of hydrogen-bond acceptors (Lipinski definition) is 7. The van der Waals surface area contributed by atoms with Crippen LogP contribution in [0.1, 0.15) is 20.8 Å². The molecule has 0 aromatic heterocycles. The summed E-state index contributed by atoms with van der Waals surface area (Å²) in [5, 5.41) is 6.10. The molecule has 10 nitrogen and oxygen atoms in total. The highest BCUT2D eigenvalue weighted by atomic mass is 16.6. The molecule has 1 amide bonds. The predicted molar refractivity (Wildman–Crippen MR) is 107 cm³/mol. The van der Waals surface area contributed by atoms with Crippen molar-refractivity contribution >= 4 is 11.8 Å². The van der Waals surface area contributed by atoms with E-state index in [0.29, 0.717) is 64.2 Å². The summed E-state index contributed by atoms with van der Waals surface area (Å²) < 4.78 is 26.8. The van der Waals surface area contributed by atoms with Crippen molar-refractivity contribution in [1.82, 2.24) is 5.32 Å². The van der Waals surface area contributed by atoms with E-state index in [1.54, 1.807) is 24.3 Å². The van der Waals surface area contributed by atoms with Gasteiger partial charge in [-0.2, -0.15) is 0 Å². The molecule has 0 saturated carbocycles. The first kappa shape index (κ1) is 24.5. The molecule has 0 atom stereocenters. The number of azide groups is 1. The lowest BCUT2D eigenvalue weighted by molar-refractivity contribution is 0.00904. The van der Waals surface area contributed by atoms with Crippen LogP contribution in [0, 0.1) is 0 Å². The van der Waals surface area contributed by atoms with E-state index in [0.717, 1.165) is 0 Å². The van der Waals surface area contributed by atoms with Crippen LogP contribution in [-0.2, 0) is 18.9 Å². The van der Waals surface area contributed by atoms with Crippen LogP contribution in [0.3, 0.4) is 0 Å². The molecule has 0 aliphatic heterocycles. The largest absolute Gasteiger partial charge is 0.491 e. The third kappa shape index (κ3) is 14.2. The normalized spacial score (nSPS) is 10.9. The molecule has 1 aromatic rings. The van der Waals surface area contributed by atoms with Gasteiger partial charge in [-0.15, -0.1) is 0 Å². The van der Waals surface area contributed by atoms with E-state index < -0.39 is 11.7 Å². The van der Waals surface area contributed by atoms with Crippen LogP contribution in [0.4, 0.5) is 10.5 Å². The van der Waals surface area contributed by atoms with Crippen LogP contribution in [-0.4, -0.2) is 64.5 Å². The fourth-order valence-corrected chi connectivity index (χ4v) is 1.96. The molecule has 29 heavy (non-hydrogen) atoms. The Balaban J connectivity index is 1.86. The minimum absolute atomic E-state index is 0.381. The fraction of sp³-hybridized carbons (Fsp3) is 0.632. The van der Waals surface area contributed by atoms with Gasteiger partial charge in [0, 0.05) is 17.1 Å². The third-order valence-corrected chi connectivity index (χ3v) is 3.15. The Morgan fingerprint density at radius 2 is 1.52 bits per heavy atom. The van der Waals surface area contributed by atoms with Crippen molar-refractivity contribution in [1.29, 1.82) is 0 Å². The molecule has 0 saturated heterocycles. The average Bonchev–Trinajstić information content (AvgIpc) is 2.65. The summed E-state index contributed by atoms with van der Waals surface area (Å²) >= 11 is 0. The van der Waals surface area contributed by atoms with E-state index in [1.807, 2.05) is 20.8 Å². The van der Waals surface area contributed by atoms with Gasteiger partial charge in [0.2, 0.25) is 0 Å². The number of carbonyl (C=O) groups is 1. The number of amides is 1. The van der Waals surface area contributed by atoms with E-state index >= 15 is 0 Å². The average molecular weight is 410 g/mol. The third-order valence-electron chi connectivity index (χ3n) is 3.15. The molecule has 162 valence electrons. The first-order valence-corrected chi connectivity index (χ1v) is 9.39. The van der Waals surface area contributed by atoms with Crippen molar-refractivity contribution in [2.24, 2.45) is 5.11 Å². The number of alkyl carbamates (subject to hydrolysis) is 1. The van der Waals surface area contributed by atoms with E-state index in [-0.39, 0.29) is 0 Å². The number of benzene rings is 1. The van der Waals surface area contributed by atoms with E-state index in [9.17, 15) is 4.79 Å². The fourth-order valence-electron chi connectivity index (χ4n) is 1.96. The van der Waals surface area contributed by atoms with Gasteiger partial charge in [0.25, 0.3) is 0 Å². The van der Waals surface area contributed by atoms with Crippen LogP contribution >= 0.6 is 0 Å². The van der Waals surface area contributed by atoms with Crippen molar-refractivity contribution in [2.75, 3.05) is 52.8 Å². The maximum atomic E-state index is 11.4. The Morgan fingerprint density at radius 3 is 2.07 bits per heavy atom. The van der Waals surface area contributed by atoms with Gasteiger partial charge in [0.1, 0.15) is 18.0 Å². The second kappa shape index (κ2) is 14.5. The SMILES string of the molecule is CC(C)(C)OC(=O)NCCOCCOCCOCCOc1ccc(N=[N+]=[N-])cc1. The summed E-state index contributed by atoms with van der Waals surface area (Å²) in [5.74, 6) is 0.681. The molecule has 1 rings (SSSR count). The standard InChI is InChI=1S/C19H30N4O6/c1-19(2,3)29-18(24)21-8-9-25-10-11-26-12-13-27-14-15-28-17-6-4-16(5-7-17)22-23-20/h4-7H,8-15H2,1-3H3,(H,21,24). The summed E-state index contributed by atoms with van der Waals surface area (Å²) in [6.45, 7) is 8.85. The summed E-state index contributed by atoms with van der Waals surface area (Å²) in [6.07, 6.45) is -0.455. The number of ether oxygens (including phenoxy) is 5. The molecule has 0 aliphatic rings. The molecular weight excluding hydrogens is 380 g/mol. The molecule has 0 aliphatic carbocycles. The van der Waals surface area contributed by atoms with Crippen LogP contribution in [0.15, 0.2) is 29.4 Å². The first-order chi connectivity index (χ1) is 13.9. The molecule has 0 fully saturated rings. The summed E-state index contributed by atoms with van der Waals surface area (Å²) in [6, 6.07) is 6.82. The summed E-state index contributed by atoms with van der Waals surface area (Å²) in [7, 11) is 0. The lowest BCUT2D eigenvalue weighted by Crippen LogP contribution is -2.34. The second-order valence-electron chi connectivity index (χ2n) is 6.80. The Hall–Kier alpha value is -2.52. The molecular formula is C19H30N4O6. The molecule has 0 heterocycles. The zero-order valence-corrected chi connectivity index (χ0v) is 17.3. The molecule has 1 aromatic carbocycles. The second-order valence-corrected chi connectivity index (χ2v) is 6.80. The van der Waals surface area contributed by atoms with Crippen LogP contribution < -0.4 is 10.1 Å². The summed E-state index contributed by atoms with van der Waals surface area (Å²) in [4.78, 5) is 14.1. The van der Waals surface area contributed by atoms with Gasteiger partial charge in [0.05, 0.1) is 39.6 Å². The van der Waals surface area contributed by atoms with Gasteiger partial charge in [-0.3, -0.25) is 0 Å². The predicted octanol–water partition coefficient (Wildman–Crippen LogP) is 3.58. The van der Waals surface area contributed by atoms with Gasteiger partial charge in [-0.1, -0.05) is 5.11 Å². The minimum Gasteiger partial charge on any atom is -0.491 e. The van der Waals surface area contributed by atoms with E-state index in [1.165, 1.54) is 0 Å². The van der Waals surface area contributed by atoms with Crippen LogP contribution in [0.5, 0.6) is 5.75 Å². The highest BCUT2D eigenvalue weighted by Gasteiger charge is 2.15. The number of carbonyl (C=O) groups excluding carboxylic acids is 1. The topological polar surface area (TPSA) is 124 Å². The van der Waals surface area contributed by atoms with Gasteiger partial charge in [-0.05, 0) is 50.6 Å².